The smallest absolute Gasteiger partial charge is 0.115 e. The molecule has 0 aromatic heterocycles. The van der Waals surface area contributed by atoms with Crippen molar-refractivity contribution >= 4 is 34.8 Å². The summed E-state index contributed by atoms with van der Waals surface area (Å²) in [6.07, 6.45) is -0.520. The molecule has 0 aliphatic carbocycles. The minimum atomic E-state index is -2.23. The summed E-state index contributed by atoms with van der Waals surface area (Å²) in [7, 11) is 0. The molecule has 3 rings (SSSR count). The average Bonchev–Trinajstić information content (AvgIpc) is 2.65. The van der Waals surface area contributed by atoms with E-state index in [-0.39, 0.29) is 5.75 Å². The predicted molar refractivity (Wildman–Crippen MR) is 105 cm³/mol. The molecule has 0 saturated heterocycles. The zero-order valence-corrected chi connectivity index (χ0v) is 14.6. The van der Waals surface area contributed by atoms with E-state index in [4.69, 9.17) is 11.8 Å². The molecule has 0 saturated carbocycles. The molecule has 3 aromatic carbocycles. The summed E-state index contributed by atoms with van der Waals surface area (Å²) in [5.41, 5.74) is 0.892. The molecule has 0 amide bonds. The molecular formula is C19H17N2OPS. The van der Waals surface area contributed by atoms with E-state index in [1.54, 1.807) is 30.5 Å². The molecule has 0 unspecified atom stereocenters. The van der Waals surface area contributed by atoms with Gasteiger partial charge in [0.2, 0.25) is 0 Å². The van der Waals surface area contributed by atoms with Crippen LogP contribution < -0.4 is 15.8 Å². The number of phenolic OH excluding ortho intramolecular Hbond substituents is 1. The van der Waals surface area contributed by atoms with Crippen LogP contribution in [0.25, 0.3) is 0 Å². The van der Waals surface area contributed by atoms with Gasteiger partial charge >= 0.3 is 0 Å². The lowest BCUT2D eigenvalue weighted by atomic mass is 10.2. The first-order valence-electron chi connectivity index (χ1n) is 7.49. The number of hydrogen-bond donors (Lipinski definition) is 2. The maximum Gasteiger partial charge on any atom is 0.115 e. The predicted octanol–water partition coefficient (Wildman–Crippen LogP) is 3.36. The van der Waals surface area contributed by atoms with E-state index in [2.05, 4.69) is 10.3 Å². The zero-order chi connectivity index (χ0) is 16.8. The van der Waals surface area contributed by atoms with Crippen LogP contribution in [-0.2, 0) is 11.8 Å². The Hall–Kier alpha value is -2.42. The van der Waals surface area contributed by atoms with Crippen LogP contribution in [0.2, 0.25) is 0 Å². The fourth-order valence-electron chi connectivity index (χ4n) is 2.29. The van der Waals surface area contributed by atoms with Gasteiger partial charge in [0.25, 0.3) is 0 Å². The van der Waals surface area contributed by atoms with Gasteiger partial charge in [0.1, 0.15) is 11.9 Å². The largest absolute Gasteiger partial charge is 0.508 e. The van der Waals surface area contributed by atoms with Crippen molar-refractivity contribution in [1.29, 1.82) is 0 Å². The second kappa shape index (κ2) is 7.43. The van der Waals surface area contributed by atoms with E-state index in [1.165, 1.54) is 0 Å². The third-order valence-electron chi connectivity index (χ3n) is 3.54. The van der Waals surface area contributed by atoms with Crippen molar-refractivity contribution in [3.05, 3.63) is 90.5 Å². The third kappa shape index (κ3) is 3.73. The SMILES string of the molecule is Oc1ccc(C=NNP(=S)(c2ccccc2)c2ccccc2)cc1. The van der Waals surface area contributed by atoms with Crippen LogP contribution in [0.1, 0.15) is 5.56 Å². The molecule has 0 aliphatic rings. The Labute approximate surface area is 146 Å². The number of nitrogens with zero attached hydrogens (tertiary/aromatic N) is 1. The molecule has 0 spiro atoms. The Morgan fingerprint density at radius 2 is 1.29 bits per heavy atom. The zero-order valence-electron chi connectivity index (χ0n) is 12.9. The van der Waals surface area contributed by atoms with Gasteiger partial charge in [-0.1, -0.05) is 72.5 Å². The molecule has 2 N–H and O–H groups in total. The Morgan fingerprint density at radius 3 is 1.79 bits per heavy atom. The van der Waals surface area contributed by atoms with Crippen molar-refractivity contribution in [3.8, 4) is 5.75 Å². The van der Waals surface area contributed by atoms with Gasteiger partial charge in [-0.2, -0.15) is 5.10 Å². The van der Waals surface area contributed by atoms with Gasteiger partial charge in [-0.3, -0.25) is 5.20 Å². The average molecular weight is 352 g/mol. The van der Waals surface area contributed by atoms with Crippen LogP contribution in [0.15, 0.2) is 90.0 Å². The normalized spacial score (nSPS) is 11.5. The summed E-state index contributed by atoms with van der Waals surface area (Å²) < 4.78 is 0. The van der Waals surface area contributed by atoms with Crippen molar-refractivity contribution in [2.75, 3.05) is 0 Å². The summed E-state index contributed by atoms with van der Waals surface area (Å²) >= 11 is 6.02. The molecule has 0 aliphatic heterocycles. The van der Waals surface area contributed by atoms with Crippen LogP contribution in [0.3, 0.4) is 0 Å². The molecular weight excluding hydrogens is 335 g/mol. The number of nitrogens with one attached hydrogen (secondary N) is 1. The highest BCUT2D eigenvalue weighted by molar-refractivity contribution is 8.20. The van der Waals surface area contributed by atoms with Crippen molar-refractivity contribution < 1.29 is 5.11 Å². The van der Waals surface area contributed by atoms with E-state index < -0.39 is 6.19 Å². The van der Waals surface area contributed by atoms with Crippen LogP contribution >= 0.6 is 6.19 Å². The van der Waals surface area contributed by atoms with Gasteiger partial charge in [0.15, 0.2) is 0 Å². The third-order valence-corrected chi connectivity index (χ3v) is 7.50. The summed E-state index contributed by atoms with van der Waals surface area (Å²) in [6.45, 7) is 0. The minimum absolute atomic E-state index is 0.235. The Kier molecular flexibility index (Phi) is 5.09. The molecule has 5 heteroatoms. The minimum Gasteiger partial charge on any atom is -0.508 e. The highest BCUT2D eigenvalue weighted by Gasteiger charge is 2.21. The highest BCUT2D eigenvalue weighted by Crippen LogP contribution is 2.38. The fourth-order valence-corrected chi connectivity index (χ4v) is 5.09. The molecule has 120 valence electrons. The number of aromatic hydroxyl groups is 1. The van der Waals surface area contributed by atoms with Crippen molar-refractivity contribution in [3.63, 3.8) is 0 Å². The Bertz CT molecular complexity index is 821. The lowest BCUT2D eigenvalue weighted by Gasteiger charge is -2.22. The van der Waals surface area contributed by atoms with Crippen molar-refractivity contribution in [1.82, 2.24) is 5.20 Å². The summed E-state index contributed by atoms with van der Waals surface area (Å²) in [6, 6.07) is 26.9. The van der Waals surface area contributed by atoms with E-state index in [9.17, 15) is 5.11 Å². The van der Waals surface area contributed by atoms with Gasteiger partial charge in [-0.25, -0.2) is 0 Å². The lowest BCUT2D eigenvalue weighted by molar-refractivity contribution is 0.475. The molecule has 0 radical (unpaired) electrons. The Morgan fingerprint density at radius 1 is 0.792 bits per heavy atom. The number of hydrazone groups is 1. The molecule has 0 bridgehead atoms. The van der Waals surface area contributed by atoms with Crippen LogP contribution in [0.4, 0.5) is 0 Å². The second-order valence-corrected chi connectivity index (χ2v) is 9.32. The van der Waals surface area contributed by atoms with E-state index in [0.717, 1.165) is 16.2 Å². The summed E-state index contributed by atoms with van der Waals surface area (Å²) in [4.78, 5) is 0. The molecule has 0 atom stereocenters. The molecule has 0 heterocycles. The topological polar surface area (TPSA) is 44.6 Å². The van der Waals surface area contributed by atoms with Gasteiger partial charge in [0, 0.05) is 10.6 Å². The number of hydrogen-bond acceptors (Lipinski definition) is 3. The van der Waals surface area contributed by atoms with E-state index in [1.807, 2.05) is 60.7 Å². The van der Waals surface area contributed by atoms with Crippen molar-refractivity contribution in [2.45, 2.75) is 0 Å². The lowest BCUT2D eigenvalue weighted by Crippen LogP contribution is -2.24. The van der Waals surface area contributed by atoms with Crippen LogP contribution in [0.5, 0.6) is 5.75 Å². The number of rotatable bonds is 5. The second-order valence-electron chi connectivity index (χ2n) is 5.23. The maximum atomic E-state index is 9.34. The number of phenols is 1. The fraction of sp³-hybridized carbons (Fsp3) is 0. The molecule has 3 aromatic rings. The summed E-state index contributed by atoms with van der Waals surface area (Å²) in [5, 5.41) is 19.1. The van der Waals surface area contributed by atoms with E-state index in [0.29, 0.717) is 0 Å². The summed E-state index contributed by atoms with van der Waals surface area (Å²) in [5.74, 6) is 0.235. The molecule has 24 heavy (non-hydrogen) atoms. The van der Waals surface area contributed by atoms with Crippen molar-refractivity contribution in [2.24, 2.45) is 5.10 Å². The van der Waals surface area contributed by atoms with Gasteiger partial charge in [-0.05, 0) is 29.8 Å². The monoisotopic (exact) mass is 352 g/mol. The molecule has 0 fully saturated rings. The first-order valence-corrected chi connectivity index (χ1v) is 10.3. The Balaban J connectivity index is 1.91. The standard InChI is InChI=1S/C19H17N2OPS/c22-17-13-11-16(12-14-17)15-20-21-23(24,18-7-3-1-4-8-18)19-9-5-2-6-10-19/h1-15,22H,(H,21,24). The molecule has 3 nitrogen and oxygen atoms in total. The van der Waals surface area contributed by atoms with Gasteiger partial charge in [0.05, 0.1) is 6.21 Å². The quantitative estimate of drug-likeness (QED) is 0.420. The van der Waals surface area contributed by atoms with Gasteiger partial charge < -0.3 is 5.11 Å². The van der Waals surface area contributed by atoms with Crippen LogP contribution in [-0.4, -0.2) is 11.3 Å². The number of benzene rings is 3. The van der Waals surface area contributed by atoms with Gasteiger partial charge in [-0.15, -0.1) is 0 Å². The van der Waals surface area contributed by atoms with E-state index >= 15 is 0 Å². The van der Waals surface area contributed by atoms with Crippen LogP contribution in [0, 0.1) is 0 Å². The maximum absolute atomic E-state index is 9.34. The highest BCUT2D eigenvalue weighted by atomic mass is 32.4. The first-order chi connectivity index (χ1) is 11.7. The first kappa shape index (κ1) is 16.4.